The molecule has 0 unspecified atom stereocenters. The van der Waals surface area contributed by atoms with Crippen molar-refractivity contribution in [3.05, 3.63) is 101 Å². The third kappa shape index (κ3) is 6.67. The maximum atomic E-state index is 12.7. The van der Waals surface area contributed by atoms with E-state index in [9.17, 15) is 9.59 Å². The standard InChI is InChI=1S/C39H40O11/c1-21(40)47-35-18-25-16-29(32(45-6)20-31(25)49-37(35)24-10-15-30(44-5)34(17-24)46-7)36-28-14-13-27(43-4)19-33(28)50-38(39(36)48-22(2)41)23-8-11-26(42-3)12-9-23/h8-17,19-20,35-39H,18H2,1-7H3/t35-,36+,37+,38+,39-/m0/s1. The van der Waals surface area contributed by atoms with Gasteiger partial charge in [-0.25, -0.2) is 0 Å². The summed E-state index contributed by atoms with van der Waals surface area (Å²) in [5.74, 6) is 2.57. The Kier molecular flexibility index (Phi) is 9.94. The minimum atomic E-state index is -0.804. The summed E-state index contributed by atoms with van der Waals surface area (Å²) in [5, 5.41) is 0. The Labute approximate surface area is 290 Å². The first kappa shape index (κ1) is 34.3. The molecule has 4 aromatic rings. The fourth-order valence-electron chi connectivity index (χ4n) is 6.75. The number of carbonyl (C=O) groups excluding carboxylic acids is 2. The van der Waals surface area contributed by atoms with Crippen LogP contribution in [0.4, 0.5) is 0 Å². The first-order valence-corrected chi connectivity index (χ1v) is 16.1. The Balaban J connectivity index is 1.49. The Morgan fingerprint density at radius 1 is 0.580 bits per heavy atom. The van der Waals surface area contributed by atoms with Gasteiger partial charge in [0.1, 0.15) is 34.9 Å². The minimum Gasteiger partial charge on any atom is -0.497 e. The van der Waals surface area contributed by atoms with Crippen LogP contribution in [0.5, 0.6) is 40.2 Å². The van der Waals surface area contributed by atoms with Crippen LogP contribution in [0, 0.1) is 0 Å². The number of carbonyl (C=O) groups is 2. The molecular formula is C39H40O11. The highest BCUT2D eigenvalue weighted by Crippen LogP contribution is 2.52. The van der Waals surface area contributed by atoms with Crippen LogP contribution in [0.25, 0.3) is 0 Å². The number of rotatable bonds is 10. The SMILES string of the molecule is COc1ccc([C@H]2Oc3cc(OC)ccc3[C@H](c3cc4c(cc3OC)O[C@H](c3ccc(OC)c(OC)c3)[C@@H](OC(C)=O)C4)[C@@H]2OC(C)=O)cc1. The molecule has 0 radical (unpaired) electrons. The Hall–Kier alpha value is -5.58. The first-order valence-electron chi connectivity index (χ1n) is 16.1. The van der Waals surface area contributed by atoms with Crippen LogP contribution >= 0.6 is 0 Å². The van der Waals surface area contributed by atoms with Gasteiger partial charge in [-0.3, -0.25) is 9.59 Å². The summed E-state index contributed by atoms with van der Waals surface area (Å²) in [7, 11) is 7.89. The fraction of sp³-hybridized carbons (Fsp3) is 0.333. The van der Waals surface area contributed by atoms with Crippen molar-refractivity contribution < 1.29 is 52.2 Å². The predicted molar refractivity (Wildman–Crippen MR) is 182 cm³/mol. The molecule has 0 aliphatic carbocycles. The van der Waals surface area contributed by atoms with Gasteiger partial charge < -0.3 is 42.6 Å². The van der Waals surface area contributed by atoms with Crippen LogP contribution < -0.4 is 33.2 Å². The quantitative estimate of drug-likeness (QED) is 0.170. The van der Waals surface area contributed by atoms with E-state index in [1.807, 2.05) is 66.7 Å². The number of esters is 2. The second-order valence-corrected chi connectivity index (χ2v) is 12.0. The zero-order valence-corrected chi connectivity index (χ0v) is 29.0. The van der Waals surface area contributed by atoms with Crippen molar-refractivity contribution in [2.45, 2.75) is 50.6 Å². The van der Waals surface area contributed by atoms with E-state index in [-0.39, 0.29) is 0 Å². The van der Waals surface area contributed by atoms with Crippen molar-refractivity contribution in [2.24, 2.45) is 0 Å². The van der Waals surface area contributed by atoms with Crippen molar-refractivity contribution in [3.63, 3.8) is 0 Å². The summed E-state index contributed by atoms with van der Waals surface area (Å²) in [6, 6.07) is 22.3. The molecule has 4 aromatic carbocycles. The van der Waals surface area contributed by atoms with Gasteiger partial charge in [0.25, 0.3) is 0 Å². The minimum absolute atomic E-state index is 0.337. The molecule has 6 rings (SSSR count). The molecule has 0 amide bonds. The van der Waals surface area contributed by atoms with E-state index in [1.165, 1.54) is 13.8 Å². The summed E-state index contributed by atoms with van der Waals surface area (Å²) < 4.78 is 53.1. The topological polar surface area (TPSA) is 117 Å². The van der Waals surface area contributed by atoms with Crippen LogP contribution in [0.1, 0.15) is 59.8 Å². The van der Waals surface area contributed by atoms with Crippen molar-refractivity contribution in [3.8, 4) is 40.2 Å². The number of ether oxygens (including phenoxy) is 9. The maximum Gasteiger partial charge on any atom is 0.303 e. The maximum absolute atomic E-state index is 12.7. The molecule has 5 atom stereocenters. The van der Waals surface area contributed by atoms with Crippen molar-refractivity contribution >= 4 is 11.9 Å². The van der Waals surface area contributed by atoms with Crippen LogP contribution in [-0.4, -0.2) is 59.7 Å². The molecule has 262 valence electrons. The van der Waals surface area contributed by atoms with E-state index in [0.29, 0.717) is 46.7 Å². The number of benzene rings is 4. The number of hydrogen-bond donors (Lipinski definition) is 0. The normalized spacial score (nSPS) is 20.5. The highest BCUT2D eigenvalue weighted by molar-refractivity contribution is 5.68. The highest BCUT2D eigenvalue weighted by Gasteiger charge is 2.45. The highest BCUT2D eigenvalue weighted by atomic mass is 16.6. The Morgan fingerprint density at radius 3 is 1.86 bits per heavy atom. The lowest BCUT2D eigenvalue weighted by Gasteiger charge is -2.40. The van der Waals surface area contributed by atoms with E-state index in [0.717, 1.165) is 27.8 Å². The van der Waals surface area contributed by atoms with E-state index in [4.69, 9.17) is 42.6 Å². The number of hydrogen-bond acceptors (Lipinski definition) is 11. The molecule has 0 N–H and O–H groups in total. The molecule has 0 saturated heterocycles. The molecule has 2 aliphatic rings. The van der Waals surface area contributed by atoms with Crippen molar-refractivity contribution in [1.29, 1.82) is 0 Å². The summed E-state index contributed by atoms with van der Waals surface area (Å²) in [4.78, 5) is 25.1. The van der Waals surface area contributed by atoms with Gasteiger partial charge in [0.15, 0.2) is 29.8 Å². The monoisotopic (exact) mass is 684 g/mol. The largest absolute Gasteiger partial charge is 0.497 e. The van der Waals surface area contributed by atoms with Gasteiger partial charge in [-0.05, 0) is 47.5 Å². The van der Waals surface area contributed by atoms with Gasteiger partial charge in [-0.1, -0.05) is 24.3 Å². The van der Waals surface area contributed by atoms with Gasteiger partial charge in [0, 0.05) is 49.1 Å². The van der Waals surface area contributed by atoms with Crippen molar-refractivity contribution in [2.75, 3.05) is 35.5 Å². The van der Waals surface area contributed by atoms with Crippen molar-refractivity contribution in [1.82, 2.24) is 0 Å². The molecule has 0 saturated carbocycles. The molecule has 50 heavy (non-hydrogen) atoms. The number of methoxy groups -OCH3 is 5. The average molecular weight is 685 g/mol. The molecule has 0 bridgehead atoms. The van der Waals surface area contributed by atoms with Crippen LogP contribution in [0.3, 0.4) is 0 Å². The lowest BCUT2D eigenvalue weighted by Crippen LogP contribution is -2.39. The van der Waals surface area contributed by atoms with E-state index in [2.05, 4.69) is 0 Å². The van der Waals surface area contributed by atoms with E-state index in [1.54, 1.807) is 41.6 Å². The Bertz CT molecular complexity index is 1870. The summed E-state index contributed by atoms with van der Waals surface area (Å²) in [6.45, 7) is 2.75. The lowest BCUT2D eigenvalue weighted by atomic mass is 9.78. The molecule has 0 spiro atoms. The van der Waals surface area contributed by atoms with Gasteiger partial charge in [0.2, 0.25) is 0 Å². The summed E-state index contributed by atoms with van der Waals surface area (Å²) in [5.41, 5.74) is 3.82. The third-order valence-corrected chi connectivity index (χ3v) is 9.00. The molecule has 0 fully saturated rings. The van der Waals surface area contributed by atoms with Crippen LogP contribution in [-0.2, 0) is 25.5 Å². The van der Waals surface area contributed by atoms with Gasteiger partial charge in [0.05, 0.1) is 41.5 Å². The smallest absolute Gasteiger partial charge is 0.303 e. The fourth-order valence-corrected chi connectivity index (χ4v) is 6.75. The zero-order chi connectivity index (χ0) is 35.5. The molecule has 0 aromatic heterocycles. The zero-order valence-electron chi connectivity index (χ0n) is 29.0. The molecule has 2 heterocycles. The molecular weight excluding hydrogens is 644 g/mol. The van der Waals surface area contributed by atoms with Crippen LogP contribution in [0.2, 0.25) is 0 Å². The van der Waals surface area contributed by atoms with Gasteiger partial charge in [-0.2, -0.15) is 0 Å². The van der Waals surface area contributed by atoms with Gasteiger partial charge in [-0.15, -0.1) is 0 Å². The van der Waals surface area contributed by atoms with Gasteiger partial charge >= 0.3 is 11.9 Å². The average Bonchev–Trinajstić information content (AvgIpc) is 3.12. The number of fused-ring (bicyclic) bond motifs is 2. The molecule has 11 heteroatoms. The summed E-state index contributed by atoms with van der Waals surface area (Å²) in [6.07, 6.45) is -2.48. The van der Waals surface area contributed by atoms with E-state index >= 15 is 0 Å². The Morgan fingerprint density at radius 2 is 1.22 bits per heavy atom. The first-order chi connectivity index (χ1) is 24.2. The second kappa shape index (κ2) is 14.5. The third-order valence-electron chi connectivity index (χ3n) is 9.00. The summed E-state index contributed by atoms with van der Waals surface area (Å²) >= 11 is 0. The second-order valence-electron chi connectivity index (χ2n) is 12.0. The predicted octanol–water partition coefficient (Wildman–Crippen LogP) is 6.53. The lowest BCUT2D eigenvalue weighted by molar-refractivity contribution is -0.154. The van der Waals surface area contributed by atoms with Crippen LogP contribution in [0.15, 0.2) is 72.8 Å². The molecule has 2 aliphatic heterocycles. The van der Waals surface area contributed by atoms with E-state index < -0.39 is 42.3 Å². The molecule has 11 nitrogen and oxygen atoms in total.